The standard InChI is InChI=1S/C8H16N2O3/c1-3-6(5-11)10-8(13)7(12)9-4-2/h6,11H,3-5H2,1-2H3,(H,9,12)(H,10,13). The van der Waals surface area contributed by atoms with E-state index < -0.39 is 11.8 Å². The largest absolute Gasteiger partial charge is 0.394 e. The predicted molar refractivity (Wildman–Crippen MR) is 48.0 cm³/mol. The summed E-state index contributed by atoms with van der Waals surface area (Å²) in [7, 11) is 0. The van der Waals surface area contributed by atoms with Crippen LogP contribution in [0.1, 0.15) is 20.3 Å². The van der Waals surface area contributed by atoms with Gasteiger partial charge in [-0.1, -0.05) is 6.92 Å². The molecule has 0 fully saturated rings. The van der Waals surface area contributed by atoms with Crippen LogP contribution in [0.25, 0.3) is 0 Å². The number of nitrogens with one attached hydrogen (secondary N) is 2. The number of carbonyl (C=O) groups is 2. The van der Waals surface area contributed by atoms with E-state index in [1.54, 1.807) is 6.92 Å². The van der Waals surface area contributed by atoms with Crippen molar-refractivity contribution in [1.82, 2.24) is 10.6 Å². The second-order valence-corrected chi connectivity index (χ2v) is 2.62. The molecule has 5 heteroatoms. The van der Waals surface area contributed by atoms with Gasteiger partial charge in [0.05, 0.1) is 12.6 Å². The fourth-order valence-corrected chi connectivity index (χ4v) is 0.769. The van der Waals surface area contributed by atoms with Crippen molar-refractivity contribution in [2.45, 2.75) is 26.3 Å². The predicted octanol–water partition coefficient (Wildman–Crippen LogP) is -0.990. The van der Waals surface area contributed by atoms with Crippen LogP contribution in [0.4, 0.5) is 0 Å². The Hall–Kier alpha value is -1.10. The van der Waals surface area contributed by atoms with Crippen molar-refractivity contribution in [2.24, 2.45) is 0 Å². The third-order valence-electron chi connectivity index (χ3n) is 1.59. The van der Waals surface area contributed by atoms with Crippen molar-refractivity contribution in [3.8, 4) is 0 Å². The Morgan fingerprint density at radius 2 is 1.92 bits per heavy atom. The zero-order valence-corrected chi connectivity index (χ0v) is 7.96. The summed E-state index contributed by atoms with van der Waals surface area (Å²) in [5, 5.41) is 13.5. The van der Waals surface area contributed by atoms with E-state index in [0.717, 1.165) is 0 Å². The number of hydrogen-bond acceptors (Lipinski definition) is 3. The van der Waals surface area contributed by atoms with E-state index in [9.17, 15) is 9.59 Å². The van der Waals surface area contributed by atoms with E-state index in [1.807, 2.05) is 6.92 Å². The van der Waals surface area contributed by atoms with Gasteiger partial charge in [-0.05, 0) is 13.3 Å². The van der Waals surface area contributed by atoms with E-state index in [2.05, 4.69) is 10.6 Å². The van der Waals surface area contributed by atoms with Crippen LogP contribution in [0, 0.1) is 0 Å². The third-order valence-corrected chi connectivity index (χ3v) is 1.59. The number of rotatable bonds is 4. The molecule has 0 aromatic heterocycles. The van der Waals surface area contributed by atoms with Gasteiger partial charge in [0.2, 0.25) is 0 Å². The fraction of sp³-hybridized carbons (Fsp3) is 0.750. The topological polar surface area (TPSA) is 78.4 Å². The molecule has 0 aromatic carbocycles. The molecule has 0 bridgehead atoms. The van der Waals surface area contributed by atoms with Crippen molar-refractivity contribution >= 4 is 11.8 Å². The van der Waals surface area contributed by atoms with Gasteiger partial charge in [-0.25, -0.2) is 0 Å². The molecular weight excluding hydrogens is 172 g/mol. The highest BCUT2D eigenvalue weighted by molar-refractivity contribution is 6.35. The quantitative estimate of drug-likeness (QED) is 0.496. The molecule has 5 nitrogen and oxygen atoms in total. The highest BCUT2D eigenvalue weighted by atomic mass is 16.3. The minimum atomic E-state index is -0.692. The van der Waals surface area contributed by atoms with Gasteiger partial charge in [0.1, 0.15) is 0 Å². The lowest BCUT2D eigenvalue weighted by atomic mass is 10.2. The molecule has 3 N–H and O–H groups in total. The number of aliphatic hydroxyl groups excluding tert-OH is 1. The van der Waals surface area contributed by atoms with Crippen molar-refractivity contribution < 1.29 is 14.7 Å². The summed E-state index contributed by atoms with van der Waals surface area (Å²) in [4.78, 5) is 21.9. The maximum absolute atomic E-state index is 11.0. The van der Waals surface area contributed by atoms with Crippen LogP contribution in [-0.4, -0.2) is 36.1 Å². The maximum Gasteiger partial charge on any atom is 0.309 e. The molecule has 0 rings (SSSR count). The first-order valence-corrected chi connectivity index (χ1v) is 4.35. The summed E-state index contributed by atoms with van der Waals surface area (Å²) in [5.74, 6) is -1.35. The average molecular weight is 188 g/mol. The first-order chi connectivity index (χ1) is 6.15. The molecule has 2 amide bonds. The van der Waals surface area contributed by atoms with Gasteiger partial charge in [-0.15, -0.1) is 0 Å². The van der Waals surface area contributed by atoms with Gasteiger partial charge in [-0.3, -0.25) is 9.59 Å². The lowest BCUT2D eigenvalue weighted by Gasteiger charge is -2.12. The molecule has 0 saturated heterocycles. The minimum absolute atomic E-state index is 0.151. The summed E-state index contributed by atoms with van der Waals surface area (Å²) >= 11 is 0. The van der Waals surface area contributed by atoms with E-state index >= 15 is 0 Å². The van der Waals surface area contributed by atoms with Gasteiger partial charge in [0.15, 0.2) is 0 Å². The van der Waals surface area contributed by atoms with E-state index in [0.29, 0.717) is 13.0 Å². The Labute approximate surface area is 77.5 Å². The summed E-state index contributed by atoms with van der Waals surface area (Å²) < 4.78 is 0. The van der Waals surface area contributed by atoms with E-state index in [-0.39, 0.29) is 12.6 Å². The maximum atomic E-state index is 11.0. The van der Waals surface area contributed by atoms with Crippen LogP contribution >= 0.6 is 0 Å². The number of hydrogen-bond donors (Lipinski definition) is 3. The summed E-state index contributed by atoms with van der Waals surface area (Å²) in [6, 6.07) is -0.338. The van der Waals surface area contributed by atoms with Crippen molar-refractivity contribution in [1.29, 1.82) is 0 Å². The van der Waals surface area contributed by atoms with Gasteiger partial charge in [-0.2, -0.15) is 0 Å². The van der Waals surface area contributed by atoms with Gasteiger partial charge >= 0.3 is 11.8 Å². The zero-order chi connectivity index (χ0) is 10.3. The molecule has 76 valence electrons. The SMILES string of the molecule is CCNC(=O)C(=O)NC(CC)CO. The Morgan fingerprint density at radius 3 is 2.31 bits per heavy atom. The zero-order valence-electron chi connectivity index (χ0n) is 7.96. The highest BCUT2D eigenvalue weighted by Crippen LogP contribution is 1.87. The molecule has 1 atom stereocenters. The smallest absolute Gasteiger partial charge is 0.309 e. The van der Waals surface area contributed by atoms with Crippen LogP contribution in [0.2, 0.25) is 0 Å². The summed E-state index contributed by atoms with van der Waals surface area (Å²) in [5.41, 5.74) is 0. The second kappa shape index (κ2) is 6.42. The van der Waals surface area contributed by atoms with Crippen LogP contribution in [0.5, 0.6) is 0 Å². The van der Waals surface area contributed by atoms with E-state index in [1.165, 1.54) is 0 Å². The second-order valence-electron chi connectivity index (χ2n) is 2.62. The molecular formula is C8H16N2O3. The lowest BCUT2D eigenvalue weighted by Crippen LogP contribution is -2.45. The molecule has 0 aromatic rings. The molecule has 0 aliphatic heterocycles. The normalized spacial score (nSPS) is 11.9. The molecule has 13 heavy (non-hydrogen) atoms. The van der Waals surface area contributed by atoms with Crippen LogP contribution in [0.3, 0.4) is 0 Å². The van der Waals surface area contributed by atoms with Crippen molar-refractivity contribution in [3.63, 3.8) is 0 Å². The molecule has 0 heterocycles. The van der Waals surface area contributed by atoms with Gasteiger partial charge in [0.25, 0.3) is 0 Å². The molecule has 0 aliphatic rings. The van der Waals surface area contributed by atoms with Crippen molar-refractivity contribution in [2.75, 3.05) is 13.2 Å². The monoisotopic (exact) mass is 188 g/mol. The third kappa shape index (κ3) is 4.47. The highest BCUT2D eigenvalue weighted by Gasteiger charge is 2.15. The summed E-state index contributed by atoms with van der Waals surface area (Å²) in [6.07, 6.45) is 0.599. The lowest BCUT2D eigenvalue weighted by molar-refractivity contribution is -0.139. The Kier molecular flexibility index (Phi) is 5.88. The van der Waals surface area contributed by atoms with Crippen molar-refractivity contribution in [3.05, 3.63) is 0 Å². The van der Waals surface area contributed by atoms with Crippen LogP contribution in [-0.2, 0) is 9.59 Å². The first-order valence-electron chi connectivity index (χ1n) is 4.35. The average Bonchev–Trinajstić information content (AvgIpc) is 2.14. The van der Waals surface area contributed by atoms with Crippen LogP contribution in [0.15, 0.2) is 0 Å². The molecule has 0 spiro atoms. The molecule has 0 aliphatic carbocycles. The summed E-state index contributed by atoms with van der Waals surface area (Å²) in [6.45, 7) is 3.82. The van der Waals surface area contributed by atoms with Gasteiger partial charge < -0.3 is 15.7 Å². The number of aliphatic hydroxyl groups is 1. The number of amides is 2. The minimum Gasteiger partial charge on any atom is -0.394 e. The fourth-order valence-electron chi connectivity index (χ4n) is 0.769. The molecule has 1 unspecified atom stereocenters. The number of likely N-dealkylation sites (N-methyl/N-ethyl adjacent to an activating group) is 1. The van der Waals surface area contributed by atoms with E-state index in [4.69, 9.17) is 5.11 Å². The molecule has 0 radical (unpaired) electrons. The van der Waals surface area contributed by atoms with Gasteiger partial charge in [0, 0.05) is 6.54 Å². The number of carbonyl (C=O) groups excluding carboxylic acids is 2. The Morgan fingerprint density at radius 1 is 1.31 bits per heavy atom. The molecule has 0 saturated carbocycles. The van der Waals surface area contributed by atoms with Crippen LogP contribution < -0.4 is 10.6 Å². The Balaban J connectivity index is 3.90. The Bertz CT molecular complexity index is 178. The first kappa shape index (κ1) is 11.9.